The van der Waals surface area contributed by atoms with E-state index in [4.69, 9.17) is 9.78 Å². The molecule has 0 saturated heterocycles. The molecule has 0 bridgehead atoms. The van der Waals surface area contributed by atoms with Crippen LogP contribution in [0.5, 0.6) is 23.0 Å². The zero-order valence-electron chi connectivity index (χ0n) is 36.4. The second-order valence-corrected chi connectivity index (χ2v) is 19.1. The lowest BCUT2D eigenvalue weighted by Gasteiger charge is -2.19. The summed E-state index contributed by atoms with van der Waals surface area (Å²) in [4.78, 5) is 58.7. The number of benzene rings is 2. The molecule has 12 heteroatoms. The summed E-state index contributed by atoms with van der Waals surface area (Å²) in [5, 5.41) is 60.9. The molecule has 0 amide bonds. The molecule has 12 nitrogen and oxygen atoms in total. The molecule has 0 spiro atoms. The van der Waals surface area contributed by atoms with Crippen LogP contribution in [0.25, 0.3) is 0 Å². The highest BCUT2D eigenvalue weighted by molar-refractivity contribution is 5.78. The number of aromatic hydroxyl groups is 2. The Labute approximate surface area is 355 Å². The van der Waals surface area contributed by atoms with Crippen molar-refractivity contribution in [1.29, 1.82) is 0 Å². The molecule has 0 atom stereocenters. The first-order chi connectivity index (χ1) is 28.3. The highest BCUT2D eigenvalue weighted by atomic mass is 17.2. The summed E-state index contributed by atoms with van der Waals surface area (Å²) in [5.74, 6) is -2.43. The molecule has 2 saturated carbocycles. The van der Waals surface area contributed by atoms with Crippen molar-refractivity contribution < 1.29 is 59.6 Å². The maximum absolute atomic E-state index is 11.8. The number of carboxylic acid groups (broad SMARTS) is 4. The van der Waals surface area contributed by atoms with E-state index in [1.807, 2.05) is 12.1 Å². The third-order valence-electron chi connectivity index (χ3n) is 13.2. The predicted molar refractivity (Wildman–Crippen MR) is 228 cm³/mol. The van der Waals surface area contributed by atoms with Crippen LogP contribution in [0.3, 0.4) is 0 Å². The van der Waals surface area contributed by atoms with Gasteiger partial charge in [0.15, 0.2) is 11.5 Å². The molecule has 0 aromatic heterocycles. The number of rotatable bonds is 31. The minimum atomic E-state index is -0.809. The Morgan fingerprint density at radius 2 is 0.950 bits per heavy atom. The fraction of sp³-hybridized carbons (Fsp3) is 0.667. The molecule has 2 aromatic rings. The number of hydrogen-bond donors (Lipinski definition) is 6. The van der Waals surface area contributed by atoms with Gasteiger partial charge in [-0.05, 0) is 154 Å². The quantitative estimate of drug-likeness (QED) is 0.0238. The van der Waals surface area contributed by atoms with Gasteiger partial charge in [-0.3, -0.25) is 29.0 Å². The minimum absolute atomic E-state index is 0.0369. The van der Waals surface area contributed by atoms with E-state index in [9.17, 15) is 49.8 Å². The van der Waals surface area contributed by atoms with Crippen LogP contribution in [-0.2, 0) is 44.9 Å². The summed E-state index contributed by atoms with van der Waals surface area (Å²) < 4.78 is 0. The molecular weight excluding hydrogens is 769 g/mol. The Balaban J connectivity index is 1.48. The van der Waals surface area contributed by atoms with Gasteiger partial charge in [0, 0.05) is 11.1 Å². The number of phenolic OH excluding ortho intramolecular Hbond substituents is 2. The summed E-state index contributed by atoms with van der Waals surface area (Å²) in [6, 6.07) is 7.26. The van der Waals surface area contributed by atoms with Crippen LogP contribution in [0, 0.1) is 21.7 Å². The standard InChI is InChI=1S/C48H70O12/c1-45(2,41(51)52)23-13-7-5-9-18-34-22-21-33(17-11-15-25-47(27-28-47)43(55)56)39(50)40(34)60-59-38-32-35(19-10-6-8-14-24-46(3,4)42(53)54)37(49)31-36(38)20-12-16-26-48(29-30-48)44(57)58/h21-22,31-32,49-50H,5-20,23-30H2,1-4H3,(H,51,52)(H,53,54)(H,55,56)(H,57,58). The maximum atomic E-state index is 11.8. The molecule has 334 valence electrons. The third kappa shape index (κ3) is 13.8. The van der Waals surface area contributed by atoms with Gasteiger partial charge in [-0.2, -0.15) is 0 Å². The van der Waals surface area contributed by atoms with Gasteiger partial charge in [-0.1, -0.05) is 63.5 Å². The van der Waals surface area contributed by atoms with Crippen molar-refractivity contribution in [1.82, 2.24) is 0 Å². The Bertz CT molecular complexity index is 1790. The van der Waals surface area contributed by atoms with Crippen LogP contribution in [0.4, 0.5) is 0 Å². The fourth-order valence-electron chi connectivity index (χ4n) is 8.05. The average molecular weight is 839 g/mol. The monoisotopic (exact) mass is 838 g/mol. The summed E-state index contributed by atoms with van der Waals surface area (Å²) in [7, 11) is 0. The first kappa shape index (κ1) is 48.2. The Kier molecular flexibility index (Phi) is 17.1. The second kappa shape index (κ2) is 21.4. The van der Waals surface area contributed by atoms with E-state index >= 15 is 0 Å². The zero-order chi connectivity index (χ0) is 44.1. The maximum Gasteiger partial charge on any atom is 0.309 e. The largest absolute Gasteiger partial charge is 0.508 e. The molecule has 2 fully saturated rings. The van der Waals surface area contributed by atoms with Gasteiger partial charge in [-0.15, -0.1) is 0 Å². The first-order valence-corrected chi connectivity index (χ1v) is 22.3. The van der Waals surface area contributed by atoms with Crippen molar-refractivity contribution >= 4 is 23.9 Å². The number of hydrogen-bond acceptors (Lipinski definition) is 8. The summed E-state index contributed by atoms with van der Waals surface area (Å²) in [6.07, 6.45) is 16.6. The normalized spacial score (nSPS) is 15.3. The average Bonchev–Trinajstić information content (AvgIpc) is 4.12. The molecule has 2 aromatic carbocycles. The number of aliphatic carboxylic acids is 4. The molecular formula is C48H70O12. The third-order valence-corrected chi connectivity index (χ3v) is 13.2. The molecule has 2 aliphatic carbocycles. The van der Waals surface area contributed by atoms with Crippen molar-refractivity contribution in [2.45, 2.75) is 182 Å². The molecule has 60 heavy (non-hydrogen) atoms. The van der Waals surface area contributed by atoms with Gasteiger partial charge in [0.25, 0.3) is 0 Å². The molecule has 0 aliphatic heterocycles. The van der Waals surface area contributed by atoms with Gasteiger partial charge >= 0.3 is 23.9 Å². The van der Waals surface area contributed by atoms with Crippen LogP contribution in [0.2, 0.25) is 0 Å². The molecule has 0 radical (unpaired) electrons. The van der Waals surface area contributed by atoms with Crippen LogP contribution < -0.4 is 9.78 Å². The van der Waals surface area contributed by atoms with Crippen LogP contribution in [0.15, 0.2) is 24.3 Å². The first-order valence-electron chi connectivity index (χ1n) is 22.3. The summed E-state index contributed by atoms with van der Waals surface area (Å²) in [5.41, 5.74) is 0.000945. The van der Waals surface area contributed by atoms with E-state index in [1.165, 1.54) is 0 Å². The molecule has 0 heterocycles. The Morgan fingerprint density at radius 1 is 0.533 bits per heavy atom. The van der Waals surface area contributed by atoms with Gasteiger partial charge in [0.2, 0.25) is 5.75 Å². The van der Waals surface area contributed by atoms with E-state index in [-0.39, 0.29) is 17.2 Å². The lowest BCUT2D eigenvalue weighted by molar-refractivity contribution is -0.148. The van der Waals surface area contributed by atoms with Crippen LogP contribution in [0.1, 0.15) is 178 Å². The van der Waals surface area contributed by atoms with Gasteiger partial charge in [0.1, 0.15) is 5.75 Å². The number of carboxylic acids is 4. The number of phenols is 2. The smallest absolute Gasteiger partial charge is 0.309 e. The van der Waals surface area contributed by atoms with E-state index in [0.717, 1.165) is 56.9 Å². The fourth-order valence-corrected chi connectivity index (χ4v) is 8.05. The van der Waals surface area contributed by atoms with E-state index in [1.54, 1.807) is 39.8 Å². The van der Waals surface area contributed by atoms with Gasteiger partial charge in [-0.25, -0.2) is 0 Å². The minimum Gasteiger partial charge on any atom is -0.508 e. The van der Waals surface area contributed by atoms with E-state index < -0.39 is 45.5 Å². The number of carbonyl (C=O) groups is 4. The van der Waals surface area contributed by atoms with Crippen molar-refractivity contribution in [2.75, 3.05) is 0 Å². The van der Waals surface area contributed by atoms with Crippen molar-refractivity contribution in [3.63, 3.8) is 0 Å². The molecule has 6 N–H and O–H groups in total. The van der Waals surface area contributed by atoms with Crippen LogP contribution >= 0.6 is 0 Å². The van der Waals surface area contributed by atoms with Gasteiger partial charge in [0.05, 0.1) is 21.7 Å². The lowest BCUT2D eigenvalue weighted by atomic mass is 9.87. The Hall–Kier alpha value is -4.48. The topological polar surface area (TPSA) is 208 Å². The van der Waals surface area contributed by atoms with Gasteiger partial charge < -0.3 is 30.6 Å². The van der Waals surface area contributed by atoms with Crippen molar-refractivity contribution in [3.05, 3.63) is 46.5 Å². The van der Waals surface area contributed by atoms with Crippen molar-refractivity contribution in [2.24, 2.45) is 21.7 Å². The highest BCUT2D eigenvalue weighted by Crippen LogP contribution is 2.51. The lowest BCUT2D eigenvalue weighted by Crippen LogP contribution is -2.23. The summed E-state index contributed by atoms with van der Waals surface area (Å²) >= 11 is 0. The summed E-state index contributed by atoms with van der Waals surface area (Å²) in [6.45, 7) is 6.93. The van der Waals surface area contributed by atoms with Crippen molar-refractivity contribution in [3.8, 4) is 23.0 Å². The predicted octanol–water partition coefficient (Wildman–Crippen LogP) is 10.8. The second-order valence-electron chi connectivity index (χ2n) is 19.1. The Morgan fingerprint density at radius 3 is 1.42 bits per heavy atom. The molecule has 0 unspecified atom stereocenters. The molecule has 2 aliphatic rings. The van der Waals surface area contributed by atoms with Crippen LogP contribution in [-0.4, -0.2) is 54.5 Å². The van der Waals surface area contributed by atoms with E-state index in [0.29, 0.717) is 125 Å². The zero-order valence-corrected chi connectivity index (χ0v) is 36.4. The number of aryl methyl sites for hydroxylation is 4. The highest BCUT2D eigenvalue weighted by Gasteiger charge is 2.50. The van der Waals surface area contributed by atoms with E-state index in [2.05, 4.69) is 0 Å². The SMILES string of the molecule is CC(C)(CCCCCCc1cc(OOc2c(CCCCCCC(C)(C)C(=O)O)ccc(CCCCC3(C(=O)O)CC3)c2O)c(CCCCC2(C(=O)O)CC2)cc1O)C(=O)O. The molecule has 4 rings (SSSR count). The number of unbranched alkanes of at least 4 members (excludes halogenated alkanes) is 8.